The molecule has 32 heavy (non-hydrogen) atoms. The van der Waals surface area contributed by atoms with Crippen molar-refractivity contribution >= 4 is 45.1 Å². The van der Waals surface area contributed by atoms with Crippen LogP contribution in [0.5, 0.6) is 0 Å². The third-order valence-corrected chi connectivity index (χ3v) is 6.38. The molecule has 0 saturated carbocycles. The first-order valence-electron chi connectivity index (χ1n) is 11.2. The van der Waals surface area contributed by atoms with Crippen LogP contribution in [-0.4, -0.2) is 18.4 Å². The molecule has 5 nitrogen and oxygen atoms in total. The summed E-state index contributed by atoms with van der Waals surface area (Å²) in [6.45, 7) is 4.59. The van der Waals surface area contributed by atoms with Crippen LogP contribution in [0.25, 0.3) is 21.9 Å². The highest BCUT2D eigenvalue weighted by Gasteiger charge is 2.36. The van der Waals surface area contributed by atoms with Gasteiger partial charge in [-0.05, 0) is 42.2 Å². The van der Waals surface area contributed by atoms with Crippen LogP contribution in [0, 0.1) is 5.92 Å². The molecule has 0 unspecified atom stereocenters. The van der Waals surface area contributed by atoms with E-state index in [0.717, 1.165) is 51.6 Å². The summed E-state index contributed by atoms with van der Waals surface area (Å²) < 4.78 is 5.93. The molecule has 0 bridgehead atoms. The van der Waals surface area contributed by atoms with Crippen LogP contribution in [0.1, 0.15) is 31.4 Å². The lowest BCUT2D eigenvalue weighted by Crippen LogP contribution is -2.29. The number of hydrogen-bond acceptors (Lipinski definition) is 3. The zero-order valence-corrected chi connectivity index (χ0v) is 18.4. The zero-order valence-electron chi connectivity index (χ0n) is 18.4. The minimum Gasteiger partial charge on any atom is -0.456 e. The second-order valence-electron chi connectivity index (χ2n) is 8.34. The lowest BCUT2D eigenvalue weighted by molar-refractivity contribution is -0.122. The normalized spacial score (nSPS) is 16.2. The molecule has 5 heteroatoms. The van der Waals surface area contributed by atoms with E-state index >= 15 is 0 Å². The van der Waals surface area contributed by atoms with E-state index < -0.39 is 0 Å². The largest absolute Gasteiger partial charge is 0.456 e. The zero-order chi connectivity index (χ0) is 22.2. The summed E-state index contributed by atoms with van der Waals surface area (Å²) in [4.78, 5) is 27.7. The van der Waals surface area contributed by atoms with E-state index in [-0.39, 0.29) is 24.2 Å². The summed E-state index contributed by atoms with van der Waals surface area (Å²) in [7, 11) is 0. The Morgan fingerprint density at radius 1 is 0.969 bits per heavy atom. The van der Waals surface area contributed by atoms with Crippen LogP contribution in [0.3, 0.4) is 0 Å². The third kappa shape index (κ3) is 3.44. The molecule has 1 atom stereocenters. The smallest absolute Gasteiger partial charge is 0.229 e. The Labute approximate surface area is 187 Å². The molecule has 1 aliphatic heterocycles. The van der Waals surface area contributed by atoms with Gasteiger partial charge in [0.05, 0.1) is 5.92 Å². The molecular formula is C27H26N2O3. The fraction of sp³-hybridized carbons (Fsp3) is 0.259. The molecule has 5 rings (SSSR count). The van der Waals surface area contributed by atoms with E-state index in [1.54, 1.807) is 0 Å². The van der Waals surface area contributed by atoms with Gasteiger partial charge in [-0.1, -0.05) is 50.2 Å². The van der Waals surface area contributed by atoms with Crippen molar-refractivity contribution in [3.05, 3.63) is 71.8 Å². The third-order valence-electron chi connectivity index (χ3n) is 6.38. The topological polar surface area (TPSA) is 62.6 Å². The number of rotatable bonds is 5. The Hall–Kier alpha value is -3.60. The molecule has 0 radical (unpaired) electrons. The lowest BCUT2D eigenvalue weighted by Gasteiger charge is -2.23. The van der Waals surface area contributed by atoms with E-state index in [4.69, 9.17) is 4.42 Å². The van der Waals surface area contributed by atoms with Gasteiger partial charge < -0.3 is 14.6 Å². The maximum Gasteiger partial charge on any atom is 0.229 e. The molecule has 1 saturated heterocycles. The van der Waals surface area contributed by atoms with Gasteiger partial charge in [0.15, 0.2) is 0 Å². The number of nitrogens with one attached hydrogen (secondary N) is 1. The van der Waals surface area contributed by atoms with Crippen molar-refractivity contribution in [2.24, 2.45) is 5.92 Å². The number of hydrogen-bond donors (Lipinski definition) is 1. The number of anilines is 2. The number of aryl methyl sites for hydroxylation is 2. The fourth-order valence-electron chi connectivity index (χ4n) is 4.71. The van der Waals surface area contributed by atoms with Crippen LogP contribution < -0.4 is 10.2 Å². The second kappa shape index (κ2) is 8.15. The average molecular weight is 427 g/mol. The number of furan rings is 1. The molecule has 1 fully saturated rings. The Morgan fingerprint density at radius 2 is 1.69 bits per heavy atom. The van der Waals surface area contributed by atoms with Crippen LogP contribution in [0.15, 0.2) is 65.1 Å². The first-order valence-corrected chi connectivity index (χ1v) is 11.2. The first kappa shape index (κ1) is 20.3. The Kier molecular flexibility index (Phi) is 5.17. The van der Waals surface area contributed by atoms with Gasteiger partial charge in [-0.25, -0.2) is 0 Å². The summed E-state index contributed by atoms with van der Waals surface area (Å²) in [5, 5.41) is 5.06. The highest BCUT2D eigenvalue weighted by atomic mass is 16.3. The molecular weight excluding hydrogens is 400 g/mol. The van der Waals surface area contributed by atoms with Crippen molar-refractivity contribution < 1.29 is 14.0 Å². The molecule has 4 aromatic rings. The van der Waals surface area contributed by atoms with E-state index in [2.05, 4.69) is 31.3 Å². The lowest BCUT2D eigenvalue weighted by atomic mass is 10.0. The number of carbonyl (C=O) groups is 2. The minimum absolute atomic E-state index is 0.00786. The standard InChI is InChI=1S/C27H26N2O3/c1-3-17-8-7-9-18(4-2)26(17)29-16-19(14-25(29)30)27(31)28-20-12-13-22-21-10-5-6-11-23(21)32-24(22)15-20/h5-13,15,19H,3-4,14,16H2,1-2H3,(H,28,31)/t19-/m1/s1. The molecule has 2 amide bonds. The average Bonchev–Trinajstić information content (AvgIpc) is 3.38. The van der Waals surface area contributed by atoms with Gasteiger partial charge in [-0.15, -0.1) is 0 Å². The maximum atomic E-state index is 13.0. The number of fused-ring (bicyclic) bond motifs is 3. The van der Waals surface area contributed by atoms with Crippen molar-refractivity contribution in [1.82, 2.24) is 0 Å². The van der Waals surface area contributed by atoms with Crippen LogP contribution in [0.4, 0.5) is 11.4 Å². The highest BCUT2D eigenvalue weighted by molar-refractivity contribution is 6.07. The predicted octanol–water partition coefficient (Wildman–Crippen LogP) is 5.70. The van der Waals surface area contributed by atoms with Gasteiger partial charge in [0.25, 0.3) is 0 Å². The Bertz CT molecular complexity index is 1320. The van der Waals surface area contributed by atoms with Gasteiger partial charge in [-0.3, -0.25) is 9.59 Å². The summed E-state index contributed by atoms with van der Waals surface area (Å²) in [6.07, 6.45) is 1.92. The van der Waals surface area contributed by atoms with Gasteiger partial charge in [0.1, 0.15) is 11.2 Å². The maximum absolute atomic E-state index is 13.0. The molecule has 3 aromatic carbocycles. The molecule has 1 aromatic heterocycles. The van der Waals surface area contributed by atoms with Gasteiger partial charge >= 0.3 is 0 Å². The Morgan fingerprint density at radius 3 is 2.44 bits per heavy atom. The SMILES string of the molecule is CCc1cccc(CC)c1N1C[C@H](C(=O)Nc2ccc3c(c2)oc2ccccc23)CC1=O. The fourth-order valence-corrected chi connectivity index (χ4v) is 4.71. The van der Waals surface area contributed by atoms with Crippen LogP contribution >= 0.6 is 0 Å². The minimum atomic E-state index is -0.386. The van der Waals surface area contributed by atoms with Crippen LogP contribution in [-0.2, 0) is 22.4 Å². The molecule has 1 aliphatic rings. The van der Waals surface area contributed by atoms with E-state index in [9.17, 15) is 9.59 Å². The number of carbonyl (C=O) groups excluding carboxylic acids is 2. The summed E-state index contributed by atoms with van der Waals surface area (Å²) in [6, 6.07) is 19.8. The van der Waals surface area contributed by atoms with E-state index in [1.807, 2.05) is 53.4 Å². The molecule has 0 aliphatic carbocycles. The van der Waals surface area contributed by atoms with Gasteiger partial charge in [-0.2, -0.15) is 0 Å². The molecule has 0 spiro atoms. The van der Waals surface area contributed by atoms with E-state index in [0.29, 0.717) is 12.2 Å². The van der Waals surface area contributed by atoms with Crippen molar-refractivity contribution in [3.63, 3.8) is 0 Å². The summed E-state index contributed by atoms with van der Waals surface area (Å²) in [5.74, 6) is -0.514. The number of benzene rings is 3. The van der Waals surface area contributed by atoms with Gasteiger partial charge in [0.2, 0.25) is 11.8 Å². The first-order chi connectivity index (χ1) is 15.6. The Balaban J connectivity index is 1.37. The number of amides is 2. The van der Waals surface area contributed by atoms with Crippen molar-refractivity contribution in [2.75, 3.05) is 16.8 Å². The summed E-state index contributed by atoms with van der Waals surface area (Å²) in [5.41, 5.74) is 5.52. The number of nitrogens with zero attached hydrogens (tertiary/aromatic N) is 1. The van der Waals surface area contributed by atoms with Crippen molar-refractivity contribution in [3.8, 4) is 0 Å². The number of para-hydroxylation sites is 2. The molecule has 1 N–H and O–H groups in total. The molecule has 162 valence electrons. The summed E-state index contributed by atoms with van der Waals surface area (Å²) >= 11 is 0. The quantitative estimate of drug-likeness (QED) is 0.445. The monoisotopic (exact) mass is 426 g/mol. The predicted molar refractivity (Wildman–Crippen MR) is 128 cm³/mol. The van der Waals surface area contributed by atoms with Crippen LogP contribution in [0.2, 0.25) is 0 Å². The molecule has 2 heterocycles. The second-order valence-corrected chi connectivity index (χ2v) is 8.34. The highest BCUT2D eigenvalue weighted by Crippen LogP contribution is 2.34. The van der Waals surface area contributed by atoms with Crippen molar-refractivity contribution in [2.45, 2.75) is 33.1 Å². The van der Waals surface area contributed by atoms with E-state index in [1.165, 1.54) is 0 Å². The van der Waals surface area contributed by atoms with Crippen molar-refractivity contribution in [1.29, 1.82) is 0 Å². The van der Waals surface area contributed by atoms with Gasteiger partial charge in [0, 0.05) is 41.2 Å².